The van der Waals surface area contributed by atoms with E-state index in [0.717, 1.165) is 44.1 Å². The van der Waals surface area contributed by atoms with Crippen molar-refractivity contribution in [2.45, 2.75) is 0 Å². The monoisotopic (exact) mass is 558 g/mol. The molecule has 13 nitrogen and oxygen atoms in total. The zero-order valence-corrected chi connectivity index (χ0v) is 26.0. The van der Waals surface area contributed by atoms with Gasteiger partial charge in [0.25, 0.3) is 0 Å². The van der Waals surface area contributed by atoms with Crippen molar-refractivity contribution >= 4 is 17.2 Å². The second kappa shape index (κ2) is 24.7. The van der Waals surface area contributed by atoms with E-state index in [9.17, 15) is 19.6 Å². The van der Waals surface area contributed by atoms with Gasteiger partial charge in [-0.2, -0.15) is 17.2 Å². The maximum Gasteiger partial charge on any atom is 0.101 e. The highest BCUT2D eigenvalue weighted by atomic mass is 31.2. The number of aliphatic hydroxyl groups excluding tert-OH is 4. The summed E-state index contributed by atoms with van der Waals surface area (Å²) in [5.41, 5.74) is 0. The van der Waals surface area contributed by atoms with Crippen molar-refractivity contribution in [2.75, 3.05) is 137 Å². The second-order valence-electron chi connectivity index (χ2n) is 11.5. The maximum absolute atomic E-state index is 9.24. The minimum Gasteiger partial charge on any atom is -0.820 e. The molecule has 0 aromatic heterocycles. The Labute approximate surface area is 217 Å². The molecule has 35 heavy (non-hydrogen) atoms. The van der Waals surface area contributed by atoms with Gasteiger partial charge in [-0.25, -0.2) is 0 Å². The predicted octanol–water partition coefficient (Wildman–Crippen LogP) is -4.36. The molecule has 0 saturated carbocycles. The van der Waals surface area contributed by atoms with E-state index in [1.807, 2.05) is 0 Å². The lowest BCUT2D eigenvalue weighted by Gasteiger charge is -2.41. The van der Waals surface area contributed by atoms with Crippen molar-refractivity contribution < 1.29 is 62.2 Å². The first-order valence-corrected chi connectivity index (χ1v) is 13.2. The Kier molecular flexibility index (Phi) is 31.9. The van der Waals surface area contributed by atoms with Crippen LogP contribution in [-0.2, 0) is 4.31 Å². The molecule has 0 aromatic carbocycles. The highest BCUT2D eigenvalue weighted by Crippen LogP contribution is 2.29. The molecule has 0 aliphatic carbocycles. The Morgan fingerprint density at radius 2 is 0.571 bits per heavy atom. The van der Waals surface area contributed by atoms with E-state index in [0.29, 0.717) is 0 Å². The third-order valence-electron chi connectivity index (χ3n) is 3.22. The highest BCUT2D eigenvalue weighted by molar-refractivity contribution is 7.50. The van der Waals surface area contributed by atoms with E-state index < -0.39 is 17.2 Å². The van der Waals surface area contributed by atoms with Crippen LogP contribution in [0.5, 0.6) is 0 Å². The van der Waals surface area contributed by atoms with E-state index in [4.69, 9.17) is 20.4 Å². The SMILES string of the molecule is C[N+](C)(C)CCO.C[N+](C)(C)CCO.C[N+](C)(C)CCO.C[N+](C)(C)CCO.[O-]P([O-])OP([O-])[O-]. The molecule has 0 fully saturated rings. The van der Waals surface area contributed by atoms with Crippen molar-refractivity contribution in [3.05, 3.63) is 0 Å². The van der Waals surface area contributed by atoms with Gasteiger partial charge in [0.1, 0.15) is 26.2 Å². The molecular formula is C20H56N4O9P2. The molecular weight excluding hydrogens is 502 g/mol. The first-order chi connectivity index (χ1) is 15.4. The van der Waals surface area contributed by atoms with Crippen molar-refractivity contribution in [3.63, 3.8) is 0 Å². The minimum absolute atomic E-state index is 0.281. The van der Waals surface area contributed by atoms with E-state index in [-0.39, 0.29) is 26.4 Å². The van der Waals surface area contributed by atoms with Crippen molar-refractivity contribution in [1.29, 1.82) is 0 Å². The number of rotatable bonds is 10. The van der Waals surface area contributed by atoms with Crippen LogP contribution in [0.15, 0.2) is 0 Å². The summed E-state index contributed by atoms with van der Waals surface area (Å²) in [7, 11) is 18.1. The summed E-state index contributed by atoms with van der Waals surface area (Å²) in [6.45, 7) is 4.46. The average Bonchev–Trinajstić information content (AvgIpc) is 2.51. The molecule has 4 N–H and O–H groups in total. The Balaban J connectivity index is -0.000000107. The molecule has 0 heterocycles. The number of nitrogens with zero attached hydrogens (tertiary/aromatic N) is 4. The predicted molar refractivity (Wildman–Crippen MR) is 135 cm³/mol. The van der Waals surface area contributed by atoms with Gasteiger partial charge < -0.3 is 62.2 Å². The van der Waals surface area contributed by atoms with Crippen LogP contribution in [0.2, 0.25) is 0 Å². The van der Waals surface area contributed by atoms with Crippen LogP contribution in [0.1, 0.15) is 0 Å². The summed E-state index contributed by atoms with van der Waals surface area (Å²) >= 11 is 0. The zero-order valence-electron chi connectivity index (χ0n) is 24.2. The van der Waals surface area contributed by atoms with Crippen LogP contribution in [0, 0.1) is 0 Å². The lowest BCUT2D eigenvalue weighted by Crippen LogP contribution is -2.36. The largest absolute Gasteiger partial charge is 0.820 e. The molecule has 0 atom stereocenters. The summed E-state index contributed by atoms with van der Waals surface area (Å²) in [6.07, 6.45) is 0. The van der Waals surface area contributed by atoms with Crippen molar-refractivity contribution in [1.82, 2.24) is 0 Å². The van der Waals surface area contributed by atoms with E-state index in [1.54, 1.807) is 0 Å². The fourth-order valence-corrected chi connectivity index (χ4v) is 1.69. The second-order valence-corrected chi connectivity index (χ2v) is 13.0. The smallest absolute Gasteiger partial charge is 0.101 e. The van der Waals surface area contributed by atoms with Crippen molar-refractivity contribution in [2.24, 2.45) is 0 Å². The van der Waals surface area contributed by atoms with Gasteiger partial charge in [0.15, 0.2) is 0 Å². The first kappa shape index (κ1) is 45.3. The van der Waals surface area contributed by atoms with Gasteiger partial charge in [-0.05, 0) is 0 Å². The zero-order chi connectivity index (χ0) is 29.5. The third-order valence-corrected chi connectivity index (χ3v) is 4.28. The number of quaternary nitrogens is 4. The Morgan fingerprint density at radius 1 is 0.429 bits per heavy atom. The molecule has 0 radical (unpaired) electrons. The summed E-state index contributed by atoms with van der Waals surface area (Å²) in [5.74, 6) is 0. The van der Waals surface area contributed by atoms with Gasteiger partial charge in [0, 0.05) is 0 Å². The van der Waals surface area contributed by atoms with Crippen LogP contribution in [0.4, 0.5) is 0 Å². The summed E-state index contributed by atoms with van der Waals surface area (Å²) in [4.78, 5) is 37.0. The van der Waals surface area contributed by atoms with Gasteiger partial charge in [-0.1, -0.05) is 0 Å². The van der Waals surface area contributed by atoms with Crippen molar-refractivity contribution in [3.8, 4) is 0 Å². The lowest BCUT2D eigenvalue weighted by atomic mass is 10.5. The molecule has 0 saturated heterocycles. The fraction of sp³-hybridized carbons (Fsp3) is 1.00. The number of aliphatic hydroxyl groups is 4. The summed E-state index contributed by atoms with van der Waals surface area (Å²) < 4.78 is 6.53. The van der Waals surface area contributed by atoms with Gasteiger partial charge in [-0.3, -0.25) is 0 Å². The molecule has 0 unspecified atom stereocenters. The van der Waals surface area contributed by atoms with Crippen LogP contribution in [-0.4, -0.2) is 176 Å². The topological polar surface area (TPSA) is 182 Å². The number of likely N-dealkylation sites (N-methyl/N-ethyl adjacent to an activating group) is 4. The van der Waals surface area contributed by atoms with Gasteiger partial charge in [0.2, 0.25) is 0 Å². The number of hydrogen-bond acceptors (Lipinski definition) is 9. The lowest BCUT2D eigenvalue weighted by molar-refractivity contribution is -0.870. The maximum atomic E-state index is 9.24. The Morgan fingerprint density at radius 3 is 0.571 bits per heavy atom. The molecule has 0 rings (SSSR count). The normalized spacial score (nSPS) is 11.8. The molecule has 0 aliphatic rings. The quantitative estimate of drug-likeness (QED) is 0.152. The molecule has 220 valence electrons. The van der Waals surface area contributed by atoms with Crippen LogP contribution in [0.25, 0.3) is 0 Å². The average molecular weight is 559 g/mol. The summed E-state index contributed by atoms with van der Waals surface area (Å²) in [5, 5.41) is 33.5. The molecule has 0 aliphatic heterocycles. The number of hydrogen-bond donors (Lipinski definition) is 4. The standard InChI is InChI=1S/4C5H14NO.O5P2/c4*1-6(2,3)4-5-7;1-6(2)5-7(3)4/h4*7H,4-5H2,1-3H3;/q4*+1;-4. The highest BCUT2D eigenvalue weighted by Gasteiger charge is 2.04. The molecule has 0 aromatic rings. The fourth-order valence-electron chi connectivity index (χ4n) is 1.25. The van der Waals surface area contributed by atoms with Gasteiger partial charge >= 0.3 is 0 Å². The van der Waals surface area contributed by atoms with Gasteiger partial charge in [0.05, 0.1) is 111 Å². The minimum atomic E-state index is -3.24. The van der Waals surface area contributed by atoms with Crippen LogP contribution in [0.3, 0.4) is 0 Å². The summed E-state index contributed by atoms with van der Waals surface area (Å²) in [6, 6.07) is 0. The Hall–Kier alpha value is 0.340. The molecule has 0 spiro atoms. The van der Waals surface area contributed by atoms with Gasteiger partial charge in [-0.15, -0.1) is 0 Å². The molecule has 0 amide bonds. The van der Waals surface area contributed by atoms with Crippen LogP contribution < -0.4 is 19.6 Å². The van der Waals surface area contributed by atoms with Crippen LogP contribution >= 0.6 is 17.2 Å². The van der Waals surface area contributed by atoms with E-state index in [2.05, 4.69) is 88.9 Å². The molecule has 0 bridgehead atoms. The van der Waals surface area contributed by atoms with E-state index in [1.165, 1.54) is 0 Å². The van der Waals surface area contributed by atoms with E-state index >= 15 is 0 Å². The first-order valence-electron chi connectivity index (χ1n) is 11.0. The molecule has 15 heteroatoms. The Bertz CT molecular complexity index is 355. The third kappa shape index (κ3) is 86.8.